The predicted molar refractivity (Wildman–Crippen MR) is 107 cm³/mol. The van der Waals surface area contributed by atoms with Gasteiger partial charge in [-0.15, -0.1) is 0 Å². The Kier molecular flexibility index (Phi) is 4.09. The van der Waals surface area contributed by atoms with Crippen LogP contribution >= 0.6 is 0 Å². The molecule has 0 bridgehead atoms. The molecule has 0 spiro atoms. The summed E-state index contributed by atoms with van der Waals surface area (Å²) in [6, 6.07) is 18.9. The smallest absolute Gasteiger partial charge is 0.228 e. The summed E-state index contributed by atoms with van der Waals surface area (Å²) in [4.78, 5) is 8.76. The molecule has 3 heterocycles. The molecule has 1 aliphatic rings. The Hall–Kier alpha value is -3.93. The number of hydrogen-bond acceptors (Lipinski definition) is 5. The average molecular weight is 382 g/mol. The zero-order valence-corrected chi connectivity index (χ0v) is 15.5. The molecule has 0 amide bonds. The van der Waals surface area contributed by atoms with Crippen molar-refractivity contribution in [1.82, 2.24) is 14.5 Å². The lowest BCUT2D eigenvalue weighted by molar-refractivity contribution is 0.415. The van der Waals surface area contributed by atoms with Gasteiger partial charge in [0.1, 0.15) is 23.3 Å². The Morgan fingerprint density at radius 1 is 1.07 bits per heavy atom. The first-order valence-electron chi connectivity index (χ1n) is 9.29. The van der Waals surface area contributed by atoms with Crippen LogP contribution in [0.15, 0.2) is 79.4 Å². The molecule has 1 atom stereocenters. The van der Waals surface area contributed by atoms with E-state index in [1.807, 2.05) is 53.1 Å². The van der Waals surface area contributed by atoms with Gasteiger partial charge >= 0.3 is 0 Å². The largest absolute Gasteiger partial charge is 0.508 e. The van der Waals surface area contributed by atoms with Crippen LogP contribution in [0.2, 0.25) is 0 Å². The van der Waals surface area contributed by atoms with Crippen molar-refractivity contribution in [1.29, 1.82) is 5.41 Å². The molecular formula is C23H18N4O2. The lowest BCUT2D eigenvalue weighted by Crippen LogP contribution is -2.30. The van der Waals surface area contributed by atoms with E-state index in [9.17, 15) is 5.11 Å². The van der Waals surface area contributed by atoms with Gasteiger partial charge in [0, 0.05) is 29.9 Å². The monoisotopic (exact) mass is 382 g/mol. The first kappa shape index (κ1) is 17.2. The number of fused-ring (bicyclic) bond motifs is 2. The number of benzene rings is 2. The van der Waals surface area contributed by atoms with E-state index in [0.29, 0.717) is 29.2 Å². The lowest BCUT2D eigenvalue weighted by atomic mass is 9.84. The molecule has 0 radical (unpaired) electrons. The average Bonchev–Trinajstić information content (AvgIpc) is 2.75. The van der Waals surface area contributed by atoms with Crippen molar-refractivity contribution < 1.29 is 9.84 Å². The van der Waals surface area contributed by atoms with Crippen molar-refractivity contribution in [3.05, 3.63) is 107 Å². The maximum absolute atomic E-state index is 9.90. The number of pyridine rings is 1. The van der Waals surface area contributed by atoms with Crippen molar-refractivity contribution in [3.63, 3.8) is 0 Å². The highest BCUT2D eigenvalue weighted by molar-refractivity contribution is 5.56. The van der Waals surface area contributed by atoms with Gasteiger partial charge in [0.25, 0.3) is 0 Å². The molecule has 0 saturated heterocycles. The highest BCUT2D eigenvalue weighted by Gasteiger charge is 2.32. The molecule has 5 rings (SSSR count). The van der Waals surface area contributed by atoms with E-state index >= 15 is 0 Å². The standard InChI is InChI=1S/C23H18N4O2/c24-22-21-20(16-7-4-10-25-12-16)18-9-8-17(28)11-19(18)29-23(21)26-14-27(22)13-15-5-2-1-3-6-15/h1-12,14,20,24,28H,13H2. The van der Waals surface area contributed by atoms with E-state index in [4.69, 9.17) is 10.1 Å². The molecule has 6 heteroatoms. The van der Waals surface area contributed by atoms with Crippen LogP contribution in [-0.2, 0) is 6.54 Å². The van der Waals surface area contributed by atoms with Crippen molar-refractivity contribution in [2.24, 2.45) is 0 Å². The van der Waals surface area contributed by atoms with Crippen LogP contribution in [0.5, 0.6) is 17.4 Å². The van der Waals surface area contributed by atoms with Gasteiger partial charge in [0.2, 0.25) is 5.88 Å². The van der Waals surface area contributed by atoms with E-state index in [-0.39, 0.29) is 11.7 Å². The topological polar surface area (TPSA) is 84.0 Å². The summed E-state index contributed by atoms with van der Waals surface area (Å²) in [7, 11) is 0. The number of phenolic OH excluding ortho intramolecular Hbond substituents is 1. The van der Waals surface area contributed by atoms with E-state index in [2.05, 4.69) is 9.97 Å². The van der Waals surface area contributed by atoms with Crippen LogP contribution in [0.3, 0.4) is 0 Å². The number of hydrogen-bond donors (Lipinski definition) is 2. The number of aromatic hydroxyl groups is 1. The molecule has 2 aromatic heterocycles. The molecule has 4 aromatic rings. The number of nitrogens with zero attached hydrogens (tertiary/aromatic N) is 3. The molecule has 0 fully saturated rings. The van der Waals surface area contributed by atoms with Crippen LogP contribution in [-0.4, -0.2) is 19.6 Å². The second-order valence-electron chi connectivity index (χ2n) is 6.97. The Morgan fingerprint density at radius 3 is 2.72 bits per heavy atom. The molecule has 1 aliphatic heterocycles. The number of ether oxygens (including phenoxy) is 1. The molecule has 2 N–H and O–H groups in total. The number of nitrogens with one attached hydrogen (secondary N) is 1. The summed E-state index contributed by atoms with van der Waals surface area (Å²) in [5.74, 6) is 0.787. The van der Waals surface area contributed by atoms with Gasteiger partial charge in [-0.25, -0.2) is 4.98 Å². The Balaban J connectivity index is 1.69. The number of phenols is 1. The fourth-order valence-electron chi connectivity index (χ4n) is 3.75. The van der Waals surface area contributed by atoms with Gasteiger partial charge in [-0.3, -0.25) is 10.4 Å². The van der Waals surface area contributed by atoms with Crippen molar-refractivity contribution in [2.75, 3.05) is 0 Å². The molecule has 0 saturated carbocycles. The highest BCUT2D eigenvalue weighted by atomic mass is 16.5. The van der Waals surface area contributed by atoms with E-state index < -0.39 is 0 Å². The summed E-state index contributed by atoms with van der Waals surface area (Å²) in [5.41, 5.74) is 3.93. The fraction of sp³-hybridized carbons (Fsp3) is 0.0870. The van der Waals surface area contributed by atoms with Gasteiger partial charge in [0.15, 0.2) is 0 Å². The van der Waals surface area contributed by atoms with Gasteiger partial charge in [-0.2, -0.15) is 0 Å². The van der Waals surface area contributed by atoms with Crippen LogP contribution in [0.1, 0.15) is 28.2 Å². The first-order chi connectivity index (χ1) is 14.2. The first-order valence-corrected chi connectivity index (χ1v) is 9.29. The van der Waals surface area contributed by atoms with Crippen LogP contribution in [0.4, 0.5) is 0 Å². The molecule has 29 heavy (non-hydrogen) atoms. The second-order valence-corrected chi connectivity index (χ2v) is 6.97. The van der Waals surface area contributed by atoms with Crippen LogP contribution in [0.25, 0.3) is 0 Å². The zero-order valence-electron chi connectivity index (χ0n) is 15.5. The summed E-state index contributed by atoms with van der Waals surface area (Å²) < 4.78 is 7.78. The van der Waals surface area contributed by atoms with Crippen molar-refractivity contribution in [3.8, 4) is 17.4 Å². The van der Waals surface area contributed by atoms with Gasteiger partial charge in [-0.05, 0) is 23.3 Å². The molecule has 6 nitrogen and oxygen atoms in total. The summed E-state index contributed by atoms with van der Waals surface area (Å²) in [6.07, 6.45) is 5.15. The number of aromatic nitrogens is 3. The third-order valence-electron chi connectivity index (χ3n) is 5.10. The van der Waals surface area contributed by atoms with Gasteiger partial charge in [-0.1, -0.05) is 42.5 Å². The Bertz CT molecular complexity index is 1240. The van der Waals surface area contributed by atoms with E-state index in [0.717, 1.165) is 16.7 Å². The molecular weight excluding hydrogens is 364 g/mol. The summed E-state index contributed by atoms with van der Waals surface area (Å²) >= 11 is 0. The molecule has 142 valence electrons. The maximum Gasteiger partial charge on any atom is 0.228 e. The van der Waals surface area contributed by atoms with Crippen LogP contribution in [0, 0.1) is 5.41 Å². The number of rotatable bonds is 3. The minimum Gasteiger partial charge on any atom is -0.508 e. The van der Waals surface area contributed by atoms with Gasteiger partial charge < -0.3 is 14.4 Å². The quantitative estimate of drug-likeness (QED) is 0.497. The van der Waals surface area contributed by atoms with E-state index in [1.165, 1.54) is 0 Å². The lowest BCUT2D eigenvalue weighted by Gasteiger charge is -2.28. The second kappa shape index (κ2) is 6.91. The highest BCUT2D eigenvalue weighted by Crippen LogP contribution is 2.45. The SMILES string of the molecule is N=c1c2c(ncn1Cc1ccccc1)Oc1cc(O)ccc1C2c1cccnc1. The normalized spacial score (nSPS) is 14.6. The van der Waals surface area contributed by atoms with Crippen molar-refractivity contribution in [2.45, 2.75) is 12.5 Å². The minimum atomic E-state index is -0.258. The molecule has 2 aromatic carbocycles. The molecule has 1 unspecified atom stereocenters. The predicted octanol–water partition coefficient (Wildman–Crippen LogP) is 3.80. The third-order valence-corrected chi connectivity index (χ3v) is 5.10. The minimum absolute atomic E-state index is 0.123. The molecule has 0 aliphatic carbocycles. The fourth-order valence-corrected chi connectivity index (χ4v) is 3.75. The maximum atomic E-state index is 9.90. The van der Waals surface area contributed by atoms with Gasteiger partial charge in [0.05, 0.1) is 12.1 Å². The Labute approximate surface area is 167 Å². The third kappa shape index (κ3) is 3.04. The summed E-state index contributed by atoms with van der Waals surface area (Å²) in [5, 5.41) is 18.8. The van der Waals surface area contributed by atoms with E-state index in [1.54, 1.807) is 30.9 Å². The Morgan fingerprint density at radius 2 is 1.93 bits per heavy atom. The zero-order chi connectivity index (χ0) is 19.8. The van der Waals surface area contributed by atoms with Crippen LogP contribution < -0.4 is 10.2 Å². The van der Waals surface area contributed by atoms with Crippen molar-refractivity contribution >= 4 is 0 Å². The summed E-state index contributed by atoms with van der Waals surface area (Å²) in [6.45, 7) is 0.544.